The van der Waals surface area contributed by atoms with Gasteiger partial charge in [-0.15, -0.1) is 0 Å². The lowest BCUT2D eigenvalue weighted by molar-refractivity contribution is 0.414. The summed E-state index contributed by atoms with van der Waals surface area (Å²) in [6.07, 6.45) is 5.57. The Labute approximate surface area is 220 Å². The molecule has 0 bridgehead atoms. The van der Waals surface area contributed by atoms with Crippen LogP contribution in [0.5, 0.6) is 11.5 Å². The summed E-state index contributed by atoms with van der Waals surface area (Å²) in [4.78, 5) is 22.1. The number of aromatic amines is 1. The maximum atomic E-state index is 9.62. The van der Waals surface area contributed by atoms with Gasteiger partial charge in [0.1, 0.15) is 22.5 Å². The monoisotopic (exact) mass is 507 g/mol. The minimum absolute atomic E-state index is 0.278. The lowest BCUT2D eigenvalue weighted by Crippen LogP contribution is -2.47. The van der Waals surface area contributed by atoms with Crippen LogP contribution in [-0.4, -0.2) is 58.3 Å². The molecule has 0 atom stereocenters. The smallest absolute Gasteiger partial charge is 0.228 e. The van der Waals surface area contributed by atoms with Gasteiger partial charge < -0.3 is 29.9 Å². The molecule has 0 amide bonds. The van der Waals surface area contributed by atoms with E-state index in [9.17, 15) is 5.11 Å². The largest absolute Gasteiger partial charge is 0.508 e. The third-order valence-electron chi connectivity index (χ3n) is 6.90. The van der Waals surface area contributed by atoms with Crippen molar-refractivity contribution < 1.29 is 9.84 Å². The van der Waals surface area contributed by atoms with Crippen LogP contribution in [-0.2, 0) is 6.54 Å². The first kappa shape index (κ1) is 23.6. The number of methoxy groups -OCH3 is 1. The Kier molecular flexibility index (Phi) is 6.39. The molecule has 4 heterocycles. The first-order valence-electron chi connectivity index (χ1n) is 12.6. The average Bonchev–Trinajstić information content (AvgIpc) is 3.41. The van der Waals surface area contributed by atoms with Crippen LogP contribution in [0, 0.1) is 0 Å². The first-order valence-corrected chi connectivity index (χ1v) is 12.6. The van der Waals surface area contributed by atoms with Gasteiger partial charge in [0.15, 0.2) is 5.82 Å². The molecule has 0 spiro atoms. The zero-order valence-electron chi connectivity index (χ0n) is 21.1. The van der Waals surface area contributed by atoms with Crippen molar-refractivity contribution in [1.82, 2.24) is 19.9 Å². The van der Waals surface area contributed by atoms with Crippen molar-refractivity contribution in [3.05, 3.63) is 84.8 Å². The molecule has 0 unspecified atom stereocenters. The lowest BCUT2D eigenvalue weighted by Gasteiger charge is -2.36. The normalized spacial score (nSPS) is 13.6. The predicted octanol–water partition coefficient (Wildman–Crippen LogP) is 4.67. The molecule has 192 valence electrons. The number of phenolic OH excluding ortho intramolecular Hbond substituents is 1. The molecule has 3 N–H and O–H groups in total. The van der Waals surface area contributed by atoms with Crippen LogP contribution in [0.3, 0.4) is 0 Å². The van der Waals surface area contributed by atoms with Gasteiger partial charge in [-0.1, -0.05) is 12.1 Å². The van der Waals surface area contributed by atoms with Crippen molar-refractivity contribution in [3.63, 3.8) is 0 Å². The summed E-state index contributed by atoms with van der Waals surface area (Å²) < 4.78 is 5.29. The number of piperazine rings is 1. The number of H-pyrrole nitrogens is 1. The van der Waals surface area contributed by atoms with Crippen LogP contribution in [0.1, 0.15) is 5.56 Å². The van der Waals surface area contributed by atoms with Gasteiger partial charge in [0, 0.05) is 62.6 Å². The predicted molar refractivity (Wildman–Crippen MR) is 150 cm³/mol. The zero-order chi connectivity index (χ0) is 25.9. The molecule has 38 heavy (non-hydrogen) atoms. The Morgan fingerprint density at radius 1 is 0.895 bits per heavy atom. The van der Waals surface area contributed by atoms with E-state index in [2.05, 4.69) is 25.1 Å². The number of hydrogen-bond donors (Lipinski definition) is 3. The van der Waals surface area contributed by atoms with Gasteiger partial charge in [-0.25, -0.2) is 4.98 Å². The topological polar surface area (TPSA) is 102 Å². The number of pyridine rings is 1. The van der Waals surface area contributed by atoms with Crippen molar-refractivity contribution in [2.24, 2.45) is 0 Å². The van der Waals surface area contributed by atoms with E-state index < -0.39 is 0 Å². The van der Waals surface area contributed by atoms with E-state index in [1.165, 1.54) is 0 Å². The second-order valence-electron chi connectivity index (χ2n) is 9.23. The van der Waals surface area contributed by atoms with Crippen LogP contribution in [0.2, 0.25) is 0 Å². The van der Waals surface area contributed by atoms with Crippen LogP contribution < -0.4 is 19.9 Å². The summed E-state index contributed by atoms with van der Waals surface area (Å²) in [6.45, 7) is 3.88. The Balaban J connectivity index is 1.30. The minimum atomic E-state index is 0.278. The number of ether oxygens (including phenoxy) is 1. The van der Waals surface area contributed by atoms with Crippen molar-refractivity contribution >= 4 is 28.5 Å². The summed E-state index contributed by atoms with van der Waals surface area (Å²) in [5.74, 6) is 2.58. The summed E-state index contributed by atoms with van der Waals surface area (Å²) in [5, 5.41) is 13.2. The van der Waals surface area contributed by atoms with Crippen molar-refractivity contribution in [1.29, 1.82) is 0 Å². The second-order valence-corrected chi connectivity index (χ2v) is 9.23. The summed E-state index contributed by atoms with van der Waals surface area (Å²) in [6, 6.07) is 19.4. The maximum Gasteiger partial charge on any atom is 0.228 e. The van der Waals surface area contributed by atoms with Crippen molar-refractivity contribution in [2.75, 3.05) is 48.4 Å². The van der Waals surface area contributed by atoms with Gasteiger partial charge in [-0.2, -0.15) is 4.98 Å². The van der Waals surface area contributed by atoms with Crippen LogP contribution in [0.25, 0.3) is 22.2 Å². The van der Waals surface area contributed by atoms with Crippen molar-refractivity contribution in [3.8, 4) is 22.6 Å². The molecule has 1 saturated heterocycles. The molecule has 1 aliphatic rings. The van der Waals surface area contributed by atoms with Crippen LogP contribution in [0.15, 0.2) is 79.3 Å². The highest BCUT2D eigenvalue weighted by Gasteiger charge is 2.22. The third kappa shape index (κ3) is 4.78. The summed E-state index contributed by atoms with van der Waals surface area (Å²) >= 11 is 0. The number of anilines is 3. The number of nitrogens with one attached hydrogen (secondary N) is 2. The highest BCUT2D eigenvalue weighted by atomic mass is 16.5. The Morgan fingerprint density at radius 3 is 2.32 bits per heavy atom. The van der Waals surface area contributed by atoms with Crippen LogP contribution in [0.4, 0.5) is 17.5 Å². The molecule has 0 aliphatic carbocycles. The highest BCUT2D eigenvalue weighted by Crippen LogP contribution is 2.32. The number of hydrogen-bond acceptors (Lipinski definition) is 8. The number of phenols is 1. The van der Waals surface area contributed by atoms with Gasteiger partial charge >= 0.3 is 0 Å². The van der Waals surface area contributed by atoms with Gasteiger partial charge in [0.2, 0.25) is 5.95 Å². The molecule has 5 aromatic rings. The number of fused-ring (bicyclic) bond motifs is 1. The number of rotatable bonds is 7. The molecule has 6 rings (SSSR count). The number of aromatic hydroxyl groups is 1. The fourth-order valence-electron chi connectivity index (χ4n) is 4.77. The van der Waals surface area contributed by atoms with Gasteiger partial charge in [-0.05, 0) is 59.7 Å². The van der Waals surface area contributed by atoms with E-state index in [1.54, 1.807) is 31.6 Å². The van der Waals surface area contributed by atoms with E-state index in [4.69, 9.17) is 14.7 Å². The zero-order valence-corrected chi connectivity index (χ0v) is 21.1. The minimum Gasteiger partial charge on any atom is -0.508 e. The SMILES string of the molecule is COc1ccc(CNc2nc(N3CCN(c4ccc(O)cc4)CC3)nc3c(-c4ccncc4)c[nH]c23)cc1. The molecule has 9 heteroatoms. The molecule has 1 aliphatic heterocycles. The van der Waals surface area contributed by atoms with E-state index in [-0.39, 0.29) is 5.75 Å². The second kappa shape index (κ2) is 10.3. The summed E-state index contributed by atoms with van der Waals surface area (Å²) in [5.41, 5.74) is 6.04. The van der Waals surface area contributed by atoms with Gasteiger partial charge in [0.05, 0.1) is 7.11 Å². The Bertz CT molecular complexity index is 1510. The average molecular weight is 508 g/mol. The first-order chi connectivity index (χ1) is 18.7. The Morgan fingerprint density at radius 2 is 1.61 bits per heavy atom. The van der Waals surface area contributed by atoms with E-state index in [1.807, 2.05) is 54.7 Å². The maximum absolute atomic E-state index is 9.62. The molecule has 9 nitrogen and oxygen atoms in total. The fourth-order valence-corrected chi connectivity index (χ4v) is 4.77. The molecule has 3 aromatic heterocycles. The third-order valence-corrected chi connectivity index (χ3v) is 6.90. The fraction of sp³-hybridized carbons (Fsp3) is 0.207. The Hall–Kier alpha value is -4.79. The standard InChI is InChI=1S/C29H29N7O2/c1-38-24-8-2-20(3-9-24)18-32-28-27-26(25(19-31-27)21-10-12-30-13-11-21)33-29(34-28)36-16-14-35(15-17-36)22-4-6-23(37)7-5-22/h2-13,19,31,37H,14-18H2,1H3,(H,32,33,34). The van der Waals surface area contributed by atoms with E-state index in [0.29, 0.717) is 12.5 Å². The molecule has 2 aromatic carbocycles. The number of aromatic nitrogens is 4. The molecule has 0 saturated carbocycles. The van der Waals surface area contributed by atoms with E-state index in [0.717, 1.165) is 71.2 Å². The lowest BCUT2D eigenvalue weighted by atomic mass is 10.1. The number of nitrogens with zero attached hydrogens (tertiary/aromatic N) is 5. The van der Waals surface area contributed by atoms with Crippen LogP contribution >= 0.6 is 0 Å². The summed E-state index contributed by atoms with van der Waals surface area (Å²) in [7, 11) is 1.67. The molecular formula is C29H29N7O2. The highest BCUT2D eigenvalue weighted by molar-refractivity contribution is 5.98. The van der Waals surface area contributed by atoms with E-state index >= 15 is 0 Å². The molecule has 1 fully saturated rings. The van der Waals surface area contributed by atoms with Crippen molar-refractivity contribution in [2.45, 2.75) is 6.54 Å². The van der Waals surface area contributed by atoms with Gasteiger partial charge in [-0.3, -0.25) is 4.98 Å². The molecular weight excluding hydrogens is 478 g/mol. The molecule has 0 radical (unpaired) electrons. The number of benzene rings is 2. The van der Waals surface area contributed by atoms with Gasteiger partial charge in [0.25, 0.3) is 0 Å². The quantitative estimate of drug-likeness (QED) is 0.292.